The van der Waals surface area contributed by atoms with E-state index in [1.54, 1.807) is 12.3 Å². The third kappa shape index (κ3) is 4.30. The van der Waals surface area contributed by atoms with Gasteiger partial charge in [-0.2, -0.15) is 0 Å². The molecule has 0 atom stereocenters. The van der Waals surface area contributed by atoms with Gasteiger partial charge in [0.1, 0.15) is 11.6 Å². The molecule has 9 heteroatoms. The molecule has 0 saturated carbocycles. The van der Waals surface area contributed by atoms with Crippen LogP contribution in [0.1, 0.15) is 0 Å². The number of aromatic nitrogens is 2. The van der Waals surface area contributed by atoms with Gasteiger partial charge in [0.2, 0.25) is 0 Å². The van der Waals surface area contributed by atoms with Gasteiger partial charge in [0.25, 0.3) is 0 Å². The summed E-state index contributed by atoms with van der Waals surface area (Å²) < 4.78 is 20.2. The fourth-order valence-electron chi connectivity index (χ4n) is 4.01. The zero-order valence-electron chi connectivity index (χ0n) is 18.4. The highest BCUT2D eigenvalue weighted by molar-refractivity contribution is 6.32. The third-order valence-electron chi connectivity index (χ3n) is 5.78. The lowest BCUT2D eigenvalue weighted by Crippen LogP contribution is -2.43. The number of methoxy groups -OCH3 is 1. The molecule has 173 valence electrons. The van der Waals surface area contributed by atoms with Crippen molar-refractivity contribution in [3.63, 3.8) is 0 Å². The molecular weight excluding hydrogens is 457 g/mol. The molecule has 0 aliphatic carbocycles. The van der Waals surface area contributed by atoms with Gasteiger partial charge in [-0.25, -0.2) is 9.37 Å². The van der Waals surface area contributed by atoms with Gasteiger partial charge in [-0.1, -0.05) is 11.6 Å². The molecule has 5 rings (SSSR count). The number of hydrogen-bond acceptors (Lipinski definition) is 7. The number of nitrogens with zero attached hydrogens (tertiary/aromatic N) is 3. The average molecular weight is 479 g/mol. The average Bonchev–Trinajstić information content (AvgIpc) is 2.86. The topological polar surface area (TPSA) is 82.5 Å². The predicted molar refractivity (Wildman–Crippen MR) is 132 cm³/mol. The summed E-state index contributed by atoms with van der Waals surface area (Å²) in [4.78, 5) is 11.1. The van der Waals surface area contributed by atoms with E-state index in [1.165, 1.54) is 31.5 Å². The van der Waals surface area contributed by atoms with Crippen LogP contribution >= 0.6 is 11.6 Å². The summed E-state index contributed by atoms with van der Waals surface area (Å²) in [7, 11) is 1.41. The number of aromatic hydroxyl groups is 1. The minimum atomic E-state index is -0.469. The van der Waals surface area contributed by atoms with Gasteiger partial charge in [0, 0.05) is 55.5 Å². The minimum absolute atomic E-state index is 0.0700. The Morgan fingerprint density at radius 1 is 1.18 bits per heavy atom. The number of ether oxygens (including phenoxy) is 1. The lowest BCUT2D eigenvalue weighted by molar-refractivity contribution is 0.374. The van der Waals surface area contributed by atoms with Crippen LogP contribution in [0, 0.1) is 11.9 Å². The highest BCUT2D eigenvalue weighted by Crippen LogP contribution is 2.40. The minimum Gasteiger partial charge on any atom is -0.503 e. The number of benzene rings is 2. The Hall–Kier alpha value is -3.62. The van der Waals surface area contributed by atoms with Gasteiger partial charge >= 0.3 is 0 Å². The number of halogens is 2. The standard InChI is InChI=1S/C25H22ClFN5O2/c1-34-23-11-15(10-19(26)25(23)33)17-12-18-21(4-5-29-22(18)13-20(17)27)31-16-2-3-24(30-14-16)32-8-6-28-7-9-32/h2-3,5,10-14,28,33H,6-9H2,1H3,(H,29,31). The summed E-state index contributed by atoms with van der Waals surface area (Å²) in [6.07, 6.45) is 3.28. The van der Waals surface area contributed by atoms with E-state index in [4.69, 9.17) is 16.3 Å². The molecule has 2 aromatic heterocycles. The Bertz CT molecular complexity index is 1340. The number of pyridine rings is 2. The maximum Gasteiger partial charge on any atom is 0.176 e. The molecule has 0 amide bonds. The van der Waals surface area contributed by atoms with Gasteiger partial charge in [-0.05, 0) is 35.9 Å². The predicted octanol–water partition coefficient (Wildman–Crippen LogP) is 4.76. The summed E-state index contributed by atoms with van der Waals surface area (Å²) in [5.41, 5.74) is 2.66. The molecule has 34 heavy (non-hydrogen) atoms. The van der Waals surface area contributed by atoms with E-state index in [1.807, 2.05) is 12.1 Å². The van der Waals surface area contributed by atoms with Crippen molar-refractivity contribution in [2.24, 2.45) is 0 Å². The second kappa shape index (κ2) is 9.32. The lowest BCUT2D eigenvalue weighted by Gasteiger charge is -2.28. The maximum atomic E-state index is 15.0. The number of rotatable bonds is 5. The number of fused-ring (bicyclic) bond motifs is 1. The first kappa shape index (κ1) is 22.2. The summed E-state index contributed by atoms with van der Waals surface area (Å²) in [6, 6.07) is 13.1. The zero-order chi connectivity index (χ0) is 23.7. The SMILES string of the molecule is COc1cc(-c2cc3c(Nc4ccc(N5CCNCC5)nc4)[c]cnc3cc2F)cc(Cl)c1O. The van der Waals surface area contributed by atoms with Crippen molar-refractivity contribution < 1.29 is 14.2 Å². The Balaban J connectivity index is 1.50. The first-order valence-corrected chi connectivity index (χ1v) is 11.2. The highest BCUT2D eigenvalue weighted by Gasteiger charge is 2.16. The third-order valence-corrected chi connectivity index (χ3v) is 6.07. The van der Waals surface area contributed by atoms with E-state index in [0.29, 0.717) is 27.7 Å². The van der Waals surface area contributed by atoms with Gasteiger partial charge < -0.3 is 25.4 Å². The van der Waals surface area contributed by atoms with E-state index >= 15 is 4.39 Å². The normalized spacial score (nSPS) is 13.8. The smallest absolute Gasteiger partial charge is 0.176 e. The second-order valence-corrected chi connectivity index (χ2v) is 8.31. The van der Waals surface area contributed by atoms with Crippen molar-refractivity contribution in [3.05, 3.63) is 65.7 Å². The highest BCUT2D eigenvalue weighted by atomic mass is 35.5. The van der Waals surface area contributed by atoms with E-state index in [-0.39, 0.29) is 16.5 Å². The summed E-state index contributed by atoms with van der Waals surface area (Å²) in [6.45, 7) is 3.72. The molecule has 1 saturated heterocycles. The van der Waals surface area contributed by atoms with Crippen molar-refractivity contribution >= 4 is 39.7 Å². The van der Waals surface area contributed by atoms with Crippen LogP contribution in [0.3, 0.4) is 0 Å². The quantitative estimate of drug-likeness (QED) is 0.381. The molecule has 3 N–H and O–H groups in total. The van der Waals surface area contributed by atoms with E-state index in [2.05, 4.69) is 31.6 Å². The maximum absolute atomic E-state index is 15.0. The first-order valence-electron chi connectivity index (χ1n) is 10.8. The molecule has 0 unspecified atom stereocenters. The zero-order valence-corrected chi connectivity index (χ0v) is 19.2. The number of phenolic OH excluding ortho intramolecular Hbond substituents is 1. The van der Waals surface area contributed by atoms with Crippen LogP contribution in [0.4, 0.5) is 21.6 Å². The monoisotopic (exact) mass is 478 g/mol. The van der Waals surface area contributed by atoms with Gasteiger partial charge in [-0.3, -0.25) is 4.98 Å². The van der Waals surface area contributed by atoms with Gasteiger partial charge in [-0.15, -0.1) is 0 Å². The van der Waals surface area contributed by atoms with Crippen molar-refractivity contribution in [3.8, 4) is 22.6 Å². The number of phenols is 1. The molecule has 0 bridgehead atoms. The molecule has 1 aliphatic heterocycles. The van der Waals surface area contributed by atoms with E-state index < -0.39 is 5.82 Å². The lowest BCUT2D eigenvalue weighted by atomic mass is 10.0. The van der Waals surface area contributed by atoms with Gasteiger partial charge in [0.15, 0.2) is 11.5 Å². The number of anilines is 3. The van der Waals surface area contributed by atoms with Crippen molar-refractivity contribution in [2.75, 3.05) is 43.5 Å². The van der Waals surface area contributed by atoms with Crippen LogP contribution in [0.2, 0.25) is 5.02 Å². The van der Waals surface area contributed by atoms with Crippen LogP contribution < -0.4 is 20.3 Å². The Labute approximate surface area is 201 Å². The number of hydrogen-bond donors (Lipinski definition) is 3. The van der Waals surface area contributed by atoms with Crippen LogP contribution in [0.5, 0.6) is 11.5 Å². The Morgan fingerprint density at radius 2 is 2.00 bits per heavy atom. The molecule has 1 fully saturated rings. The molecule has 1 aliphatic rings. The molecule has 1 radical (unpaired) electrons. The number of piperazine rings is 1. The van der Waals surface area contributed by atoms with Crippen molar-refractivity contribution in [1.82, 2.24) is 15.3 Å². The summed E-state index contributed by atoms with van der Waals surface area (Å²) in [5, 5.41) is 17.4. The van der Waals surface area contributed by atoms with Crippen LogP contribution in [0.25, 0.3) is 22.0 Å². The summed E-state index contributed by atoms with van der Waals surface area (Å²) in [5.74, 6) is 0.429. The van der Waals surface area contributed by atoms with Crippen molar-refractivity contribution in [2.45, 2.75) is 0 Å². The van der Waals surface area contributed by atoms with Gasteiger partial charge in [0.05, 0.1) is 35.2 Å². The summed E-state index contributed by atoms with van der Waals surface area (Å²) >= 11 is 6.13. The fourth-order valence-corrected chi connectivity index (χ4v) is 4.22. The van der Waals surface area contributed by atoms with Crippen LogP contribution in [-0.4, -0.2) is 48.4 Å². The Kier molecular flexibility index (Phi) is 6.08. The number of nitrogens with one attached hydrogen (secondary N) is 2. The Morgan fingerprint density at radius 3 is 2.74 bits per heavy atom. The second-order valence-electron chi connectivity index (χ2n) is 7.90. The molecule has 7 nitrogen and oxygen atoms in total. The molecule has 2 aromatic carbocycles. The first-order chi connectivity index (χ1) is 16.5. The molecule has 4 aromatic rings. The van der Waals surface area contributed by atoms with Crippen molar-refractivity contribution in [1.29, 1.82) is 0 Å². The van der Waals surface area contributed by atoms with E-state index in [0.717, 1.165) is 37.7 Å². The molecule has 3 heterocycles. The fraction of sp³-hybridized carbons (Fsp3) is 0.200. The van der Waals surface area contributed by atoms with E-state index in [9.17, 15) is 5.11 Å². The van der Waals surface area contributed by atoms with Crippen LogP contribution in [0.15, 0.2) is 48.8 Å². The molecule has 0 spiro atoms. The largest absolute Gasteiger partial charge is 0.503 e. The van der Waals surface area contributed by atoms with Crippen LogP contribution in [-0.2, 0) is 0 Å². The molecular formula is C25H22ClFN5O2.